The summed E-state index contributed by atoms with van der Waals surface area (Å²) < 4.78 is 27.4. The van der Waals surface area contributed by atoms with Gasteiger partial charge in [-0.2, -0.15) is 0 Å². The third-order valence-corrected chi connectivity index (χ3v) is 7.11. The van der Waals surface area contributed by atoms with Crippen LogP contribution in [0.25, 0.3) is 0 Å². The number of likely N-dealkylation sites (tertiary alicyclic amines) is 1. The van der Waals surface area contributed by atoms with Crippen molar-refractivity contribution in [3.8, 4) is 23.0 Å². The molecule has 0 bridgehead atoms. The number of carbonyl (C=O) groups is 2. The van der Waals surface area contributed by atoms with Gasteiger partial charge in [-0.15, -0.1) is 0 Å². The average Bonchev–Trinajstić information content (AvgIpc) is 3.58. The van der Waals surface area contributed by atoms with E-state index < -0.39 is 12.1 Å². The molecule has 2 amide bonds. The van der Waals surface area contributed by atoms with Crippen LogP contribution in [0.15, 0.2) is 66.7 Å². The van der Waals surface area contributed by atoms with Crippen molar-refractivity contribution in [1.82, 2.24) is 4.90 Å². The molecular formula is C29H30N2O7. The van der Waals surface area contributed by atoms with Crippen molar-refractivity contribution in [2.75, 3.05) is 39.0 Å². The molecule has 0 spiro atoms. The van der Waals surface area contributed by atoms with E-state index in [1.807, 2.05) is 73.7 Å². The lowest BCUT2D eigenvalue weighted by atomic mass is 9.90. The number of fused-ring (bicyclic) bond motifs is 1. The fourth-order valence-corrected chi connectivity index (χ4v) is 5.21. The van der Waals surface area contributed by atoms with E-state index in [-0.39, 0.29) is 18.7 Å². The second-order valence-corrected chi connectivity index (χ2v) is 9.01. The number of amides is 2. The number of hydrogen-bond acceptors (Lipinski definition) is 7. The number of benzene rings is 3. The fourth-order valence-electron chi connectivity index (χ4n) is 5.21. The summed E-state index contributed by atoms with van der Waals surface area (Å²) in [6.45, 7) is 3.32. The minimum Gasteiger partial charge on any atom is -0.497 e. The predicted octanol–water partition coefficient (Wildman–Crippen LogP) is 4.76. The molecule has 3 unspecified atom stereocenters. The molecule has 3 aromatic rings. The molecule has 38 heavy (non-hydrogen) atoms. The van der Waals surface area contributed by atoms with E-state index in [1.165, 1.54) is 0 Å². The fraction of sp³-hybridized carbons (Fsp3) is 0.310. The monoisotopic (exact) mass is 518 g/mol. The number of ether oxygens (including phenoxy) is 5. The van der Waals surface area contributed by atoms with Gasteiger partial charge < -0.3 is 28.6 Å². The minimum atomic E-state index is -0.625. The predicted molar refractivity (Wildman–Crippen MR) is 140 cm³/mol. The van der Waals surface area contributed by atoms with Gasteiger partial charge in [0.05, 0.1) is 20.3 Å². The molecule has 0 aromatic heterocycles. The Morgan fingerprint density at radius 2 is 1.58 bits per heavy atom. The molecule has 198 valence electrons. The van der Waals surface area contributed by atoms with Gasteiger partial charge in [-0.25, -0.2) is 4.79 Å². The largest absolute Gasteiger partial charge is 0.497 e. The summed E-state index contributed by atoms with van der Waals surface area (Å²) in [5.74, 6) is 2.40. The lowest BCUT2D eigenvalue weighted by Crippen LogP contribution is -2.44. The zero-order valence-electron chi connectivity index (χ0n) is 21.5. The van der Waals surface area contributed by atoms with Gasteiger partial charge in [-0.1, -0.05) is 18.2 Å². The SMILES string of the molecule is CCN(C(=O)N1CC(c2ccc3c(c2)OCO3)C(OC=O)C1c1ccc(OC)cc1)c1ccc(OC)cc1. The Labute approximate surface area is 221 Å². The zero-order valence-corrected chi connectivity index (χ0v) is 21.5. The third kappa shape index (κ3) is 4.67. The van der Waals surface area contributed by atoms with E-state index >= 15 is 0 Å². The van der Waals surface area contributed by atoms with Crippen LogP contribution in [0.3, 0.4) is 0 Å². The Bertz CT molecular complexity index is 1280. The van der Waals surface area contributed by atoms with Gasteiger partial charge in [0.2, 0.25) is 6.79 Å². The lowest BCUT2D eigenvalue weighted by molar-refractivity contribution is -0.135. The average molecular weight is 519 g/mol. The molecule has 0 radical (unpaired) electrons. The summed E-state index contributed by atoms with van der Waals surface area (Å²) in [5, 5.41) is 0. The van der Waals surface area contributed by atoms with Crippen LogP contribution < -0.4 is 23.8 Å². The summed E-state index contributed by atoms with van der Waals surface area (Å²) in [6, 6.07) is 19.8. The summed E-state index contributed by atoms with van der Waals surface area (Å²) in [5.41, 5.74) is 2.47. The van der Waals surface area contributed by atoms with Gasteiger partial charge in [-0.3, -0.25) is 9.69 Å². The quantitative estimate of drug-likeness (QED) is 0.398. The summed E-state index contributed by atoms with van der Waals surface area (Å²) in [4.78, 5) is 29.4. The van der Waals surface area contributed by atoms with Crippen molar-refractivity contribution < 1.29 is 33.3 Å². The van der Waals surface area contributed by atoms with Gasteiger partial charge in [0.25, 0.3) is 6.47 Å². The minimum absolute atomic E-state index is 0.157. The van der Waals surface area contributed by atoms with Crippen LogP contribution in [0.4, 0.5) is 10.5 Å². The molecule has 1 fully saturated rings. The Kier molecular flexibility index (Phi) is 7.26. The first kappa shape index (κ1) is 25.3. The van der Waals surface area contributed by atoms with Crippen LogP contribution in [0.5, 0.6) is 23.0 Å². The highest BCUT2D eigenvalue weighted by Gasteiger charge is 2.48. The normalized spacial score (nSPS) is 19.7. The van der Waals surface area contributed by atoms with Crippen LogP contribution in [-0.4, -0.2) is 57.6 Å². The lowest BCUT2D eigenvalue weighted by Gasteiger charge is -2.32. The smallest absolute Gasteiger partial charge is 0.325 e. The third-order valence-electron chi connectivity index (χ3n) is 7.11. The maximum absolute atomic E-state index is 14.2. The molecule has 9 heteroatoms. The second kappa shape index (κ2) is 10.9. The highest BCUT2D eigenvalue weighted by atomic mass is 16.7. The van der Waals surface area contributed by atoms with Gasteiger partial charge in [0.15, 0.2) is 11.5 Å². The van der Waals surface area contributed by atoms with Crippen molar-refractivity contribution in [1.29, 1.82) is 0 Å². The summed E-state index contributed by atoms with van der Waals surface area (Å²) in [6.07, 6.45) is -0.625. The second-order valence-electron chi connectivity index (χ2n) is 9.01. The van der Waals surface area contributed by atoms with Gasteiger partial charge in [-0.05, 0) is 66.6 Å². The molecule has 1 saturated heterocycles. The van der Waals surface area contributed by atoms with Gasteiger partial charge in [0.1, 0.15) is 17.6 Å². The molecule has 3 atom stereocenters. The first-order chi connectivity index (χ1) is 18.6. The number of urea groups is 1. The molecule has 0 aliphatic carbocycles. The number of methoxy groups -OCH3 is 2. The van der Waals surface area contributed by atoms with Crippen LogP contribution in [0.1, 0.15) is 30.0 Å². The molecule has 0 saturated carbocycles. The Morgan fingerprint density at radius 1 is 0.947 bits per heavy atom. The number of anilines is 1. The summed E-state index contributed by atoms with van der Waals surface area (Å²) >= 11 is 0. The maximum atomic E-state index is 14.2. The molecular weight excluding hydrogens is 488 g/mol. The van der Waals surface area contributed by atoms with E-state index in [0.29, 0.717) is 42.6 Å². The first-order valence-corrected chi connectivity index (χ1v) is 12.4. The first-order valence-electron chi connectivity index (χ1n) is 12.4. The number of nitrogens with zero attached hydrogens (tertiary/aromatic N) is 2. The van der Waals surface area contributed by atoms with Crippen LogP contribution >= 0.6 is 0 Å². The Balaban J connectivity index is 1.55. The molecule has 5 rings (SSSR count). The highest BCUT2D eigenvalue weighted by Crippen LogP contribution is 2.46. The van der Waals surface area contributed by atoms with E-state index in [4.69, 9.17) is 23.7 Å². The van der Waals surface area contributed by atoms with Crippen molar-refractivity contribution >= 4 is 18.2 Å². The highest BCUT2D eigenvalue weighted by molar-refractivity contribution is 5.92. The zero-order chi connectivity index (χ0) is 26.6. The number of rotatable bonds is 8. The van der Waals surface area contributed by atoms with Crippen molar-refractivity contribution in [2.45, 2.75) is 25.0 Å². The van der Waals surface area contributed by atoms with E-state index in [2.05, 4.69) is 0 Å². The summed E-state index contributed by atoms with van der Waals surface area (Å²) in [7, 11) is 3.20. The molecule has 3 aromatic carbocycles. The molecule has 2 heterocycles. The number of carbonyl (C=O) groups excluding carboxylic acids is 2. The van der Waals surface area contributed by atoms with E-state index in [0.717, 1.165) is 16.8 Å². The Morgan fingerprint density at radius 3 is 2.21 bits per heavy atom. The van der Waals surface area contributed by atoms with E-state index in [9.17, 15) is 9.59 Å². The number of hydrogen-bond donors (Lipinski definition) is 0. The van der Waals surface area contributed by atoms with Crippen molar-refractivity contribution in [3.63, 3.8) is 0 Å². The Hall–Kier alpha value is -4.40. The van der Waals surface area contributed by atoms with Crippen LogP contribution in [0.2, 0.25) is 0 Å². The standard InChI is InChI=1S/C29H30N2O7/c1-4-30(21-8-12-23(35-3)13-9-21)29(33)31-16-24(20-7-14-25-26(15-20)38-18-37-25)28(36-17-32)27(31)19-5-10-22(34-2)11-6-19/h5-15,17,24,27-28H,4,16,18H2,1-3H3. The molecule has 9 nitrogen and oxygen atoms in total. The maximum Gasteiger partial charge on any atom is 0.325 e. The topological polar surface area (TPSA) is 86.8 Å². The van der Waals surface area contributed by atoms with E-state index in [1.54, 1.807) is 24.0 Å². The van der Waals surface area contributed by atoms with Crippen LogP contribution in [-0.2, 0) is 9.53 Å². The van der Waals surface area contributed by atoms with Crippen molar-refractivity contribution in [3.05, 3.63) is 77.9 Å². The van der Waals surface area contributed by atoms with Gasteiger partial charge in [0, 0.05) is 24.7 Å². The van der Waals surface area contributed by atoms with Gasteiger partial charge >= 0.3 is 6.03 Å². The van der Waals surface area contributed by atoms with Crippen LogP contribution in [0, 0.1) is 0 Å². The molecule has 2 aliphatic rings. The van der Waals surface area contributed by atoms with Crippen molar-refractivity contribution in [2.24, 2.45) is 0 Å². The molecule has 0 N–H and O–H groups in total. The molecule has 2 aliphatic heterocycles.